The van der Waals surface area contributed by atoms with Crippen molar-refractivity contribution in [1.29, 1.82) is 0 Å². The molecular weight excluding hydrogens is 210 g/mol. The van der Waals surface area contributed by atoms with Gasteiger partial charge in [-0.15, -0.1) is 0 Å². The third kappa shape index (κ3) is 5.53. The molecule has 0 atom stereocenters. The van der Waals surface area contributed by atoms with Crippen molar-refractivity contribution < 1.29 is 0 Å². The van der Waals surface area contributed by atoms with E-state index in [4.69, 9.17) is 5.73 Å². The Kier molecular flexibility index (Phi) is 5.44. The van der Waals surface area contributed by atoms with Crippen LogP contribution in [0.1, 0.15) is 46.0 Å². The van der Waals surface area contributed by atoms with Crippen LogP contribution in [-0.2, 0) is 0 Å². The van der Waals surface area contributed by atoms with Crippen LogP contribution in [0.5, 0.6) is 0 Å². The molecule has 0 spiro atoms. The molecule has 0 aromatic carbocycles. The maximum absolute atomic E-state index is 6.12. The van der Waals surface area contributed by atoms with Crippen molar-refractivity contribution in [3.8, 4) is 0 Å². The number of nitrogens with two attached hydrogens (primary N) is 1. The monoisotopic (exact) mass is 239 g/mol. The van der Waals surface area contributed by atoms with Crippen molar-refractivity contribution in [2.75, 3.05) is 27.2 Å². The highest BCUT2D eigenvalue weighted by atomic mass is 15.1. The molecule has 0 saturated heterocycles. The van der Waals surface area contributed by atoms with Crippen LogP contribution < -0.4 is 5.73 Å². The molecule has 0 aromatic rings. The molecule has 3 heteroatoms. The second-order valence-electron chi connectivity index (χ2n) is 6.48. The van der Waals surface area contributed by atoms with Gasteiger partial charge in [0.1, 0.15) is 0 Å². The molecule has 100 valence electrons. The highest BCUT2D eigenvalue weighted by molar-refractivity contribution is 5.82. The minimum absolute atomic E-state index is 0.211. The predicted molar refractivity (Wildman–Crippen MR) is 75.4 cm³/mol. The zero-order valence-corrected chi connectivity index (χ0v) is 12.0. The standard InChI is InChI=1S/C14H29N3/c1-14(2,11-17(3)4)10-16-13(15)12-8-6-5-7-9-12/h12H,5-11H2,1-4H3,(H2,15,16). The third-order valence-corrected chi connectivity index (χ3v) is 3.46. The van der Waals surface area contributed by atoms with Gasteiger partial charge < -0.3 is 10.6 Å². The Bertz CT molecular complexity index is 250. The molecular formula is C14H29N3. The molecule has 1 aliphatic carbocycles. The summed E-state index contributed by atoms with van der Waals surface area (Å²) < 4.78 is 0. The number of nitrogens with zero attached hydrogens (tertiary/aromatic N) is 2. The molecule has 17 heavy (non-hydrogen) atoms. The molecule has 0 radical (unpaired) electrons. The van der Waals surface area contributed by atoms with Crippen molar-refractivity contribution in [3.05, 3.63) is 0 Å². The molecule has 1 fully saturated rings. The number of hydrogen-bond donors (Lipinski definition) is 1. The smallest absolute Gasteiger partial charge is 0.0968 e. The maximum Gasteiger partial charge on any atom is 0.0968 e. The third-order valence-electron chi connectivity index (χ3n) is 3.46. The van der Waals surface area contributed by atoms with E-state index in [2.05, 4.69) is 37.8 Å². The summed E-state index contributed by atoms with van der Waals surface area (Å²) in [6.45, 7) is 6.40. The maximum atomic E-state index is 6.12. The van der Waals surface area contributed by atoms with Crippen LogP contribution in [0.2, 0.25) is 0 Å². The fraction of sp³-hybridized carbons (Fsp3) is 0.929. The molecule has 0 aliphatic heterocycles. The van der Waals surface area contributed by atoms with E-state index in [1.54, 1.807) is 0 Å². The van der Waals surface area contributed by atoms with Crippen molar-refractivity contribution in [3.63, 3.8) is 0 Å². The van der Waals surface area contributed by atoms with Crippen LogP contribution in [0.15, 0.2) is 4.99 Å². The summed E-state index contributed by atoms with van der Waals surface area (Å²) in [6, 6.07) is 0. The van der Waals surface area contributed by atoms with Crippen molar-refractivity contribution in [1.82, 2.24) is 4.90 Å². The van der Waals surface area contributed by atoms with Gasteiger partial charge in [0, 0.05) is 19.0 Å². The Morgan fingerprint density at radius 2 is 1.82 bits per heavy atom. The van der Waals surface area contributed by atoms with E-state index >= 15 is 0 Å². The Morgan fingerprint density at radius 1 is 1.24 bits per heavy atom. The van der Waals surface area contributed by atoms with E-state index in [-0.39, 0.29) is 5.41 Å². The van der Waals surface area contributed by atoms with Crippen LogP contribution in [0, 0.1) is 11.3 Å². The van der Waals surface area contributed by atoms with Crippen LogP contribution in [0.25, 0.3) is 0 Å². The van der Waals surface area contributed by atoms with Crippen molar-refractivity contribution in [2.24, 2.45) is 22.1 Å². The first-order valence-electron chi connectivity index (χ1n) is 6.85. The fourth-order valence-electron chi connectivity index (χ4n) is 2.74. The topological polar surface area (TPSA) is 41.6 Å². The van der Waals surface area contributed by atoms with Crippen LogP contribution in [0.4, 0.5) is 0 Å². The molecule has 1 rings (SSSR count). The van der Waals surface area contributed by atoms with Gasteiger partial charge in [-0.3, -0.25) is 4.99 Å². The summed E-state index contributed by atoms with van der Waals surface area (Å²) in [4.78, 5) is 6.85. The lowest BCUT2D eigenvalue weighted by Gasteiger charge is -2.27. The molecule has 0 heterocycles. The van der Waals surface area contributed by atoms with E-state index in [1.807, 2.05) is 0 Å². The average molecular weight is 239 g/mol. The average Bonchev–Trinajstić information content (AvgIpc) is 2.25. The van der Waals surface area contributed by atoms with Gasteiger partial charge in [-0.2, -0.15) is 0 Å². The van der Waals surface area contributed by atoms with Crippen LogP contribution >= 0.6 is 0 Å². The highest BCUT2D eigenvalue weighted by Gasteiger charge is 2.21. The van der Waals surface area contributed by atoms with Gasteiger partial charge in [-0.05, 0) is 32.4 Å². The minimum atomic E-state index is 0.211. The zero-order valence-electron chi connectivity index (χ0n) is 12.0. The van der Waals surface area contributed by atoms with Gasteiger partial charge in [0.25, 0.3) is 0 Å². The summed E-state index contributed by atoms with van der Waals surface area (Å²) >= 11 is 0. The Morgan fingerprint density at radius 3 is 2.35 bits per heavy atom. The van der Waals surface area contributed by atoms with Crippen LogP contribution in [-0.4, -0.2) is 37.9 Å². The summed E-state index contributed by atoms with van der Waals surface area (Å²) in [6.07, 6.45) is 6.49. The van der Waals surface area contributed by atoms with Crippen LogP contribution in [0.3, 0.4) is 0 Å². The van der Waals surface area contributed by atoms with Gasteiger partial charge in [-0.25, -0.2) is 0 Å². The zero-order chi connectivity index (χ0) is 12.9. The van der Waals surface area contributed by atoms with Gasteiger partial charge in [-0.1, -0.05) is 33.1 Å². The van der Waals surface area contributed by atoms with E-state index in [0.717, 1.165) is 18.9 Å². The molecule has 0 unspecified atom stereocenters. The van der Waals surface area contributed by atoms with E-state index < -0.39 is 0 Å². The second-order valence-corrected chi connectivity index (χ2v) is 6.48. The number of aliphatic imine (C=N–C) groups is 1. The van der Waals surface area contributed by atoms with E-state index in [1.165, 1.54) is 32.1 Å². The lowest BCUT2D eigenvalue weighted by molar-refractivity contribution is 0.248. The highest BCUT2D eigenvalue weighted by Crippen LogP contribution is 2.24. The minimum Gasteiger partial charge on any atom is -0.387 e. The van der Waals surface area contributed by atoms with Gasteiger partial charge in [0.05, 0.1) is 5.84 Å². The first-order valence-corrected chi connectivity index (χ1v) is 6.85. The van der Waals surface area contributed by atoms with E-state index in [0.29, 0.717) is 5.92 Å². The summed E-state index contributed by atoms with van der Waals surface area (Å²) in [5, 5.41) is 0. The molecule has 0 bridgehead atoms. The van der Waals surface area contributed by atoms with E-state index in [9.17, 15) is 0 Å². The van der Waals surface area contributed by atoms with Gasteiger partial charge in [0.2, 0.25) is 0 Å². The molecule has 1 saturated carbocycles. The first-order chi connectivity index (χ1) is 7.91. The first kappa shape index (κ1) is 14.5. The Hall–Kier alpha value is -0.570. The number of rotatable bonds is 5. The van der Waals surface area contributed by atoms with Gasteiger partial charge >= 0.3 is 0 Å². The van der Waals surface area contributed by atoms with Crippen molar-refractivity contribution in [2.45, 2.75) is 46.0 Å². The Balaban J connectivity index is 2.45. The normalized spacial score (nSPS) is 19.9. The SMILES string of the molecule is CN(C)CC(C)(C)CN=C(N)C1CCCCC1. The van der Waals surface area contributed by atoms with Crippen molar-refractivity contribution >= 4 is 5.84 Å². The summed E-state index contributed by atoms with van der Waals surface area (Å²) in [5.41, 5.74) is 6.33. The molecule has 2 N–H and O–H groups in total. The summed E-state index contributed by atoms with van der Waals surface area (Å²) in [5.74, 6) is 1.45. The lowest BCUT2D eigenvalue weighted by atomic mass is 9.88. The molecule has 1 aliphatic rings. The fourth-order valence-corrected chi connectivity index (χ4v) is 2.74. The Labute approximate surface area is 106 Å². The largest absolute Gasteiger partial charge is 0.387 e. The number of amidine groups is 1. The summed E-state index contributed by atoms with van der Waals surface area (Å²) in [7, 11) is 4.21. The molecule has 0 aromatic heterocycles. The quantitative estimate of drug-likeness (QED) is 0.591. The van der Waals surface area contributed by atoms with Gasteiger partial charge in [0.15, 0.2) is 0 Å². The second kappa shape index (κ2) is 6.39. The molecule has 3 nitrogen and oxygen atoms in total. The predicted octanol–water partition coefficient (Wildman–Crippen LogP) is 2.51. The molecule has 0 amide bonds. The lowest BCUT2D eigenvalue weighted by Crippen LogP contribution is -2.33. The number of hydrogen-bond acceptors (Lipinski definition) is 2.